The number of hydrogen-bond donors (Lipinski definition) is 3. The number of pyridine rings is 1. The number of hydrogen-bond acceptors (Lipinski definition) is 4. The fraction of sp³-hybridized carbons (Fsp3) is 0.200. The Balaban J connectivity index is 1.27. The van der Waals surface area contributed by atoms with Crippen molar-refractivity contribution in [1.29, 1.82) is 0 Å². The van der Waals surface area contributed by atoms with E-state index in [2.05, 4.69) is 16.0 Å². The summed E-state index contributed by atoms with van der Waals surface area (Å²) in [6.45, 7) is 0.149. The van der Waals surface area contributed by atoms with Crippen molar-refractivity contribution in [2.45, 2.75) is 25.8 Å². The van der Waals surface area contributed by atoms with E-state index >= 15 is 0 Å². The molecule has 0 saturated carbocycles. The Morgan fingerprint density at radius 2 is 1.86 bits per heavy atom. The number of amides is 3. The van der Waals surface area contributed by atoms with Crippen LogP contribution in [-0.2, 0) is 22.6 Å². The molecule has 0 radical (unpaired) electrons. The number of benzene rings is 2. The number of carbonyl (C=O) groups is 3. The lowest BCUT2D eigenvalue weighted by atomic mass is 10.1. The predicted molar refractivity (Wildman–Crippen MR) is 125 cm³/mol. The van der Waals surface area contributed by atoms with Crippen molar-refractivity contribution in [2.24, 2.45) is 0 Å². The molecule has 0 saturated heterocycles. The van der Waals surface area contributed by atoms with E-state index in [0.717, 1.165) is 23.4 Å². The van der Waals surface area contributed by atoms with Gasteiger partial charge < -0.3 is 20.5 Å². The van der Waals surface area contributed by atoms with Crippen LogP contribution in [0.25, 0.3) is 0 Å². The molecular formula is C25H22F2N4O4. The van der Waals surface area contributed by atoms with Crippen molar-refractivity contribution in [2.75, 3.05) is 17.2 Å². The molecular weight excluding hydrogens is 458 g/mol. The third kappa shape index (κ3) is 5.78. The Morgan fingerprint density at radius 3 is 2.66 bits per heavy atom. The second-order valence-corrected chi connectivity index (χ2v) is 8.11. The van der Waals surface area contributed by atoms with Crippen molar-refractivity contribution < 1.29 is 23.2 Å². The monoisotopic (exact) mass is 480 g/mol. The normalized spacial score (nSPS) is 12.1. The number of aromatic nitrogens is 1. The lowest BCUT2D eigenvalue weighted by molar-refractivity contribution is -0.116. The van der Waals surface area contributed by atoms with Gasteiger partial charge in [-0.15, -0.1) is 0 Å². The van der Waals surface area contributed by atoms with E-state index in [0.29, 0.717) is 17.7 Å². The molecule has 3 N–H and O–H groups in total. The second-order valence-electron chi connectivity index (χ2n) is 8.11. The Bertz CT molecular complexity index is 1370. The van der Waals surface area contributed by atoms with Crippen LogP contribution in [0.4, 0.5) is 20.2 Å². The van der Waals surface area contributed by atoms with E-state index in [1.165, 1.54) is 29.0 Å². The first-order valence-corrected chi connectivity index (χ1v) is 10.9. The Labute approximate surface area is 199 Å². The largest absolute Gasteiger partial charge is 0.352 e. The summed E-state index contributed by atoms with van der Waals surface area (Å²) in [5.74, 6) is -2.93. The molecule has 2 aromatic carbocycles. The molecule has 0 spiro atoms. The minimum atomic E-state index is -1.02. The zero-order chi connectivity index (χ0) is 24.9. The van der Waals surface area contributed by atoms with Gasteiger partial charge in [0.2, 0.25) is 11.8 Å². The molecule has 3 aromatic rings. The second kappa shape index (κ2) is 10.3. The van der Waals surface area contributed by atoms with E-state index in [-0.39, 0.29) is 43.3 Å². The Morgan fingerprint density at radius 1 is 1.03 bits per heavy atom. The molecule has 4 rings (SSSR count). The number of nitrogens with one attached hydrogen (secondary N) is 3. The number of rotatable bonds is 8. The molecule has 0 bridgehead atoms. The molecule has 0 fully saturated rings. The number of fused-ring (bicyclic) bond motifs is 1. The molecule has 8 nitrogen and oxygen atoms in total. The maximum Gasteiger partial charge on any atom is 0.263 e. The zero-order valence-corrected chi connectivity index (χ0v) is 18.6. The first kappa shape index (κ1) is 23.8. The van der Waals surface area contributed by atoms with Crippen LogP contribution < -0.4 is 21.5 Å². The molecule has 1 aromatic heterocycles. The van der Waals surface area contributed by atoms with Gasteiger partial charge in [-0.05, 0) is 60.0 Å². The minimum absolute atomic E-state index is 0.0236. The first-order chi connectivity index (χ1) is 16.8. The van der Waals surface area contributed by atoms with Gasteiger partial charge >= 0.3 is 0 Å². The van der Waals surface area contributed by atoms with E-state index in [1.54, 1.807) is 18.2 Å². The van der Waals surface area contributed by atoms with Gasteiger partial charge in [-0.25, -0.2) is 8.78 Å². The van der Waals surface area contributed by atoms with Crippen molar-refractivity contribution in [3.63, 3.8) is 0 Å². The van der Waals surface area contributed by atoms with E-state index in [1.807, 2.05) is 0 Å². The highest BCUT2D eigenvalue weighted by Crippen LogP contribution is 2.26. The van der Waals surface area contributed by atoms with E-state index in [9.17, 15) is 28.0 Å². The molecule has 1 aliphatic heterocycles. The highest BCUT2D eigenvalue weighted by atomic mass is 19.2. The average Bonchev–Trinajstić information content (AvgIpc) is 3.19. The van der Waals surface area contributed by atoms with Crippen molar-refractivity contribution in [1.82, 2.24) is 9.88 Å². The maximum atomic E-state index is 13.4. The van der Waals surface area contributed by atoms with Crippen molar-refractivity contribution in [3.05, 3.63) is 93.4 Å². The number of anilines is 2. The first-order valence-electron chi connectivity index (χ1n) is 10.9. The van der Waals surface area contributed by atoms with Gasteiger partial charge in [0.1, 0.15) is 5.56 Å². The highest BCUT2D eigenvalue weighted by Gasteiger charge is 2.18. The van der Waals surface area contributed by atoms with Crippen LogP contribution in [-0.4, -0.2) is 28.8 Å². The molecule has 10 heteroatoms. The highest BCUT2D eigenvalue weighted by molar-refractivity contribution is 6.00. The number of carbonyl (C=O) groups excluding carboxylic acids is 3. The van der Waals surface area contributed by atoms with Crippen LogP contribution in [0.1, 0.15) is 34.3 Å². The van der Waals surface area contributed by atoms with Crippen LogP contribution in [0, 0.1) is 11.6 Å². The van der Waals surface area contributed by atoms with Crippen molar-refractivity contribution in [3.8, 4) is 0 Å². The summed E-state index contributed by atoms with van der Waals surface area (Å²) in [6.07, 6.45) is 2.21. The lowest BCUT2D eigenvalue weighted by Gasteiger charge is -2.10. The van der Waals surface area contributed by atoms with Gasteiger partial charge in [0.25, 0.3) is 11.5 Å². The third-order valence-electron chi connectivity index (χ3n) is 5.48. The quantitative estimate of drug-likeness (QED) is 0.431. The van der Waals surface area contributed by atoms with Gasteiger partial charge in [0.05, 0.1) is 13.0 Å². The van der Waals surface area contributed by atoms with Gasteiger partial charge in [0, 0.05) is 30.5 Å². The van der Waals surface area contributed by atoms with Gasteiger partial charge in [0.15, 0.2) is 11.6 Å². The van der Waals surface area contributed by atoms with E-state index in [4.69, 9.17) is 0 Å². The Hall–Kier alpha value is -4.34. The summed E-state index contributed by atoms with van der Waals surface area (Å²) in [4.78, 5) is 48.8. The standard InChI is InChI=1S/C25H22F2N4O4/c26-19-7-5-15(11-20(19)27)14-31-10-2-3-18(25(31)35)24(34)28-9-1-4-22(32)29-17-6-8-21-16(12-17)13-23(33)30-21/h2-3,5-8,10-12H,1,4,9,13-14H2,(H,28,34)(H,29,32)(H,30,33). The number of halogens is 2. The average molecular weight is 480 g/mol. The molecule has 0 atom stereocenters. The van der Waals surface area contributed by atoms with Crippen LogP contribution in [0.15, 0.2) is 59.5 Å². The zero-order valence-electron chi connectivity index (χ0n) is 18.6. The maximum absolute atomic E-state index is 13.4. The van der Waals surface area contributed by atoms with Gasteiger partial charge in [-0.2, -0.15) is 0 Å². The topological polar surface area (TPSA) is 109 Å². The predicted octanol–water partition coefficient (Wildman–Crippen LogP) is 2.82. The molecule has 2 heterocycles. The molecule has 3 amide bonds. The SMILES string of the molecule is O=C(CCCNC(=O)c1cccn(Cc2ccc(F)c(F)c2)c1=O)Nc1ccc2c(c1)CC(=O)N2. The summed E-state index contributed by atoms with van der Waals surface area (Å²) in [5.41, 5.74) is 1.84. The van der Waals surface area contributed by atoms with Gasteiger partial charge in [-0.1, -0.05) is 6.07 Å². The van der Waals surface area contributed by atoms with Crippen LogP contribution >= 0.6 is 0 Å². The molecule has 180 valence electrons. The Kier molecular flexibility index (Phi) is 7.00. The van der Waals surface area contributed by atoms with Gasteiger partial charge in [-0.3, -0.25) is 19.2 Å². The van der Waals surface area contributed by atoms with E-state index < -0.39 is 23.1 Å². The molecule has 0 aliphatic carbocycles. The summed E-state index contributed by atoms with van der Waals surface area (Å²) in [5, 5.41) is 8.10. The summed E-state index contributed by atoms with van der Waals surface area (Å²) in [7, 11) is 0. The summed E-state index contributed by atoms with van der Waals surface area (Å²) < 4.78 is 27.8. The third-order valence-corrected chi connectivity index (χ3v) is 5.48. The van der Waals surface area contributed by atoms with Crippen molar-refractivity contribution >= 4 is 29.1 Å². The smallest absolute Gasteiger partial charge is 0.263 e. The molecule has 35 heavy (non-hydrogen) atoms. The van der Waals surface area contributed by atoms with Crippen LogP contribution in [0.2, 0.25) is 0 Å². The van der Waals surface area contributed by atoms with Crippen LogP contribution in [0.3, 0.4) is 0 Å². The molecule has 1 aliphatic rings. The fourth-order valence-corrected chi connectivity index (χ4v) is 3.75. The summed E-state index contributed by atoms with van der Waals surface area (Å²) >= 11 is 0. The minimum Gasteiger partial charge on any atom is -0.352 e. The van der Waals surface area contributed by atoms with Crippen LogP contribution in [0.5, 0.6) is 0 Å². The lowest BCUT2D eigenvalue weighted by Crippen LogP contribution is -2.33. The fourth-order valence-electron chi connectivity index (χ4n) is 3.75. The number of nitrogens with zero attached hydrogens (tertiary/aromatic N) is 1. The summed E-state index contributed by atoms with van der Waals surface area (Å²) in [6, 6.07) is 11.4. The molecule has 0 unspecified atom stereocenters.